The molecule has 1 fully saturated rings. The molecule has 0 bridgehead atoms. The van der Waals surface area contributed by atoms with Crippen molar-refractivity contribution in [3.63, 3.8) is 0 Å². The molecule has 0 aliphatic carbocycles. The zero-order valence-corrected chi connectivity index (χ0v) is 8.62. The lowest BCUT2D eigenvalue weighted by Gasteiger charge is -2.23. The first-order valence-electron chi connectivity index (χ1n) is 4.59. The summed E-state index contributed by atoms with van der Waals surface area (Å²) in [7, 11) is -0.819. The predicted molar refractivity (Wildman–Crippen MR) is 49.1 cm³/mol. The fourth-order valence-electron chi connectivity index (χ4n) is 1.78. The van der Waals surface area contributed by atoms with Gasteiger partial charge in [0.05, 0.1) is 0 Å². The zero-order chi connectivity index (χ0) is 8.27. The number of hydrogen-bond acceptors (Lipinski definition) is 1. The summed E-state index contributed by atoms with van der Waals surface area (Å²) in [5.41, 5.74) is 0. The van der Waals surface area contributed by atoms with Crippen molar-refractivity contribution in [2.45, 2.75) is 38.8 Å². The first kappa shape index (κ1) is 8.78. The maximum absolute atomic E-state index is 11.3. The maximum atomic E-state index is 11.3. The van der Waals surface area contributed by atoms with Crippen LogP contribution in [0.1, 0.15) is 26.7 Å². The molecule has 0 atom stereocenters. The Bertz CT molecular complexity index is 145. The molecule has 1 aliphatic heterocycles. The Hall–Kier alpha value is -0.313. The van der Waals surface area contributed by atoms with E-state index in [1.807, 2.05) is 0 Å². The van der Waals surface area contributed by atoms with Gasteiger partial charge in [-0.15, -0.1) is 0 Å². The monoisotopic (exact) mass is 171 g/mol. The normalized spacial score (nSPS) is 18.5. The van der Waals surface area contributed by atoms with Crippen LogP contribution in [-0.2, 0) is 4.79 Å². The Morgan fingerprint density at radius 2 is 2.09 bits per heavy atom. The summed E-state index contributed by atoms with van der Waals surface area (Å²) in [5, 5.41) is 0. The molecule has 0 spiro atoms. The van der Waals surface area contributed by atoms with E-state index in [0.717, 1.165) is 19.4 Å². The Morgan fingerprint density at radius 1 is 1.45 bits per heavy atom. The Balaban J connectivity index is 2.49. The van der Waals surface area contributed by atoms with Crippen LogP contribution in [0.4, 0.5) is 0 Å². The topological polar surface area (TPSA) is 20.3 Å². The molecule has 2 nitrogen and oxygen atoms in total. The van der Waals surface area contributed by atoms with Gasteiger partial charge < -0.3 is 4.57 Å². The van der Waals surface area contributed by atoms with Crippen molar-refractivity contribution in [1.82, 2.24) is 4.57 Å². The lowest BCUT2D eigenvalue weighted by Crippen LogP contribution is -2.38. The average molecular weight is 171 g/mol. The van der Waals surface area contributed by atoms with E-state index in [4.69, 9.17) is 0 Å². The van der Waals surface area contributed by atoms with Crippen molar-refractivity contribution < 1.29 is 4.79 Å². The van der Waals surface area contributed by atoms with Gasteiger partial charge in [-0.25, -0.2) is 0 Å². The molecule has 0 unspecified atom stereocenters. The fourth-order valence-corrected chi connectivity index (χ4v) is 4.33. The van der Waals surface area contributed by atoms with Crippen LogP contribution in [-0.4, -0.2) is 26.0 Å². The minimum absolute atomic E-state index is 0.422. The first-order chi connectivity index (χ1) is 5.29. The summed E-state index contributed by atoms with van der Waals surface area (Å²) in [6.45, 7) is 5.48. The molecule has 0 aromatic heterocycles. The Kier molecular flexibility index (Phi) is 3.11. The van der Waals surface area contributed by atoms with E-state index < -0.39 is 8.96 Å². The smallest absolute Gasteiger partial charge is 0.214 e. The number of carbonyl (C=O) groups excluding carboxylic acids is 1. The van der Waals surface area contributed by atoms with Gasteiger partial charge in [0.25, 0.3) is 0 Å². The third-order valence-corrected chi connectivity index (χ3v) is 5.81. The first-order valence-corrected chi connectivity index (χ1v) is 6.74. The molecule has 1 aliphatic rings. The second kappa shape index (κ2) is 3.90. The number of rotatable bonds is 3. The van der Waals surface area contributed by atoms with E-state index in [1.165, 1.54) is 12.1 Å². The van der Waals surface area contributed by atoms with Crippen LogP contribution in [0.5, 0.6) is 0 Å². The van der Waals surface area contributed by atoms with Crippen LogP contribution in [0.3, 0.4) is 0 Å². The second-order valence-corrected chi connectivity index (χ2v) is 6.72. The van der Waals surface area contributed by atoms with E-state index in [0.29, 0.717) is 5.91 Å². The van der Waals surface area contributed by atoms with E-state index in [1.54, 1.807) is 0 Å². The molecule has 1 rings (SSSR count). The van der Waals surface area contributed by atoms with Gasteiger partial charge in [0, 0.05) is 13.0 Å². The molecular weight excluding hydrogens is 154 g/mol. The lowest BCUT2D eigenvalue weighted by molar-refractivity contribution is -0.124. The molecule has 0 saturated carbocycles. The fraction of sp³-hybridized carbons (Fsp3) is 0.875. The van der Waals surface area contributed by atoms with Gasteiger partial charge in [0.1, 0.15) is 8.96 Å². The van der Waals surface area contributed by atoms with Gasteiger partial charge in [-0.05, 0) is 18.5 Å². The van der Waals surface area contributed by atoms with E-state index in [-0.39, 0.29) is 0 Å². The molecule has 1 saturated heterocycles. The molecule has 64 valence electrons. The van der Waals surface area contributed by atoms with Crippen molar-refractivity contribution in [3.8, 4) is 0 Å². The molecule has 0 N–H and O–H groups in total. The van der Waals surface area contributed by atoms with Crippen LogP contribution < -0.4 is 0 Å². The van der Waals surface area contributed by atoms with Crippen molar-refractivity contribution in [2.24, 2.45) is 0 Å². The maximum Gasteiger partial charge on any atom is 0.214 e. The second-order valence-electron chi connectivity index (χ2n) is 3.16. The van der Waals surface area contributed by atoms with E-state index in [9.17, 15) is 4.79 Å². The van der Waals surface area contributed by atoms with Crippen molar-refractivity contribution in [2.75, 3.05) is 6.54 Å². The van der Waals surface area contributed by atoms with Crippen LogP contribution in [0, 0.1) is 0 Å². The molecule has 1 heterocycles. The number of carbonyl (C=O) groups is 1. The molecule has 0 aromatic rings. The molecule has 3 heteroatoms. The van der Waals surface area contributed by atoms with E-state index >= 15 is 0 Å². The van der Waals surface area contributed by atoms with Crippen LogP contribution >= 0.6 is 0 Å². The highest BCUT2D eigenvalue weighted by molar-refractivity contribution is 6.58. The molecule has 1 amide bonds. The molecule has 0 aromatic carbocycles. The number of hydrogen-bond donors (Lipinski definition) is 0. The SMILES string of the molecule is CC[SiH](CC)N1CCCC1=O. The summed E-state index contributed by atoms with van der Waals surface area (Å²) in [6.07, 6.45) is 1.91. The Morgan fingerprint density at radius 3 is 2.45 bits per heavy atom. The van der Waals surface area contributed by atoms with Gasteiger partial charge in [0.15, 0.2) is 0 Å². The summed E-state index contributed by atoms with van der Waals surface area (Å²) in [5.74, 6) is 0.422. The van der Waals surface area contributed by atoms with Crippen LogP contribution in [0.25, 0.3) is 0 Å². The minimum Gasteiger partial charge on any atom is -0.372 e. The summed E-state index contributed by atoms with van der Waals surface area (Å²) >= 11 is 0. The minimum atomic E-state index is -0.819. The van der Waals surface area contributed by atoms with Crippen molar-refractivity contribution in [3.05, 3.63) is 0 Å². The standard InChI is InChI=1S/C8H17NOSi/c1-3-11(4-2)9-7-5-6-8(9)10/h11H,3-7H2,1-2H3. The van der Waals surface area contributed by atoms with Gasteiger partial charge in [-0.3, -0.25) is 4.79 Å². The van der Waals surface area contributed by atoms with Gasteiger partial charge in [-0.1, -0.05) is 13.8 Å². The highest BCUT2D eigenvalue weighted by Gasteiger charge is 2.25. The van der Waals surface area contributed by atoms with Gasteiger partial charge >= 0.3 is 0 Å². The molecule has 11 heavy (non-hydrogen) atoms. The largest absolute Gasteiger partial charge is 0.372 e. The van der Waals surface area contributed by atoms with Gasteiger partial charge in [0.2, 0.25) is 5.91 Å². The summed E-state index contributed by atoms with van der Waals surface area (Å²) in [4.78, 5) is 11.3. The molecular formula is C8H17NOSi. The average Bonchev–Trinajstić information content (AvgIpc) is 2.40. The van der Waals surface area contributed by atoms with E-state index in [2.05, 4.69) is 18.4 Å². The lowest BCUT2D eigenvalue weighted by atomic mass is 10.4. The predicted octanol–water partition coefficient (Wildman–Crippen LogP) is 1.37. The summed E-state index contributed by atoms with van der Waals surface area (Å²) in [6, 6.07) is 2.48. The number of nitrogens with zero attached hydrogens (tertiary/aromatic N) is 1. The van der Waals surface area contributed by atoms with Crippen molar-refractivity contribution >= 4 is 14.9 Å². The highest BCUT2D eigenvalue weighted by Crippen LogP contribution is 2.15. The third-order valence-electron chi connectivity index (χ3n) is 2.49. The quantitative estimate of drug-likeness (QED) is 0.587. The molecule has 0 radical (unpaired) electrons. The number of amides is 1. The zero-order valence-electron chi connectivity index (χ0n) is 7.47. The van der Waals surface area contributed by atoms with Gasteiger partial charge in [-0.2, -0.15) is 0 Å². The third kappa shape index (κ3) is 1.83. The Labute approximate surface area is 70.3 Å². The summed E-state index contributed by atoms with van der Waals surface area (Å²) < 4.78 is 2.18. The van der Waals surface area contributed by atoms with Crippen LogP contribution in [0.2, 0.25) is 12.1 Å². The highest BCUT2D eigenvalue weighted by atomic mass is 28.3. The van der Waals surface area contributed by atoms with Crippen LogP contribution in [0.15, 0.2) is 0 Å². The van der Waals surface area contributed by atoms with Crippen molar-refractivity contribution in [1.29, 1.82) is 0 Å².